The SMILES string of the molecule is C#CC(C)COc1ccc(Cl)c(Cl)c1. The molecule has 0 aromatic heterocycles. The van der Waals surface area contributed by atoms with E-state index in [1.165, 1.54) is 0 Å². The largest absolute Gasteiger partial charge is 0.492 e. The first-order chi connectivity index (χ1) is 6.63. The number of benzene rings is 1. The number of hydrogen-bond acceptors (Lipinski definition) is 1. The molecule has 1 aromatic rings. The first-order valence-electron chi connectivity index (χ1n) is 4.17. The van der Waals surface area contributed by atoms with Crippen molar-refractivity contribution in [2.24, 2.45) is 5.92 Å². The van der Waals surface area contributed by atoms with Crippen molar-refractivity contribution in [3.05, 3.63) is 28.2 Å². The normalized spacial score (nSPS) is 11.9. The van der Waals surface area contributed by atoms with Crippen LogP contribution in [0.1, 0.15) is 6.92 Å². The first kappa shape index (κ1) is 11.2. The zero-order valence-corrected chi connectivity index (χ0v) is 9.27. The summed E-state index contributed by atoms with van der Waals surface area (Å²) in [4.78, 5) is 0. The molecule has 1 atom stereocenters. The van der Waals surface area contributed by atoms with E-state index in [0.717, 1.165) is 0 Å². The third kappa shape index (κ3) is 3.14. The lowest BCUT2D eigenvalue weighted by molar-refractivity contribution is 0.289. The van der Waals surface area contributed by atoms with Crippen LogP contribution in [-0.4, -0.2) is 6.61 Å². The van der Waals surface area contributed by atoms with Gasteiger partial charge in [-0.05, 0) is 19.1 Å². The van der Waals surface area contributed by atoms with Gasteiger partial charge in [0.05, 0.1) is 16.0 Å². The number of rotatable bonds is 3. The summed E-state index contributed by atoms with van der Waals surface area (Å²) < 4.78 is 5.41. The van der Waals surface area contributed by atoms with Crippen LogP contribution in [0.25, 0.3) is 0 Å². The summed E-state index contributed by atoms with van der Waals surface area (Å²) in [6, 6.07) is 5.13. The van der Waals surface area contributed by atoms with Crippen LogP contribution >= 0.6 is 23.2 Å². The molecule has 0 bridgehead atoms. The minimum atomic E-state index is 0.0875. The van der Waals surface area contributed by atoms with Gasteiger partial charge in [-0.1, -0.05) is 23.2 Å². The summed E-state index contributed by atoms with van der Waals surface area (Å²) in [5.41, 5.74) is 0. The van der Waals surface area contributed by atoms with Gasteiger partial charge in [-0.2, -0.15) is 0 Å². The standard InChI is InChI=1S/C11H10Cl2O/c1-3-8(2)7-14-9-4-5-10(12)11(13)6-9/h1,4-6,8H,7H2,2H3. The number of halogens is 2. The zero-order valence-electron chi connectivity index (χ0n) is 7.76. The van der Waals surface area contributed by atoms with E-state index in [1.807, 2.05) is 6.92 Å². The molecule has 0 N–H and O–H groups in total. The molecule has 14 heavy (non-hydrogen) atoms. The minimum Gasteiger partial charge on any atom is -0.492 e. The Morgan fingerprint density at radius 2 is 2.14 bits per heavy atom. The smallest absolute Gasteiger partial charge is 0.120 e. The lowest BCUT2D eigenvalue weighted by atomic mass is 10.2. The van der Waals surface area contributed by atoms with Crippen molar-refractivity contribution in [1.82, 2.24) is 0 Å². The van der Waals surface area contributed by atoms with Crippen molar-refractivity contribution >= 4 is 23.2 Å². The summed E-state index contributed by atoms with van der Waals surface area (Å²) in [5, 5.41) is 1.00. The average molecular weight is 229 g/mol. The van der Waals surface area contributed by atoms with Gasteiger partial charge in [-0.15, -0.1) is 12.3 Å². The van der Waals surface area contributed by atoms with Gasteiger partial charge < -0.3 is 4.74 Å². The topological polar surface area (TPSA) is 9.23 Å². The van der Waals surface area contributed by atoms with Crippen molar-refractivity contribution in [3.8, 4) is 18.1 Å². The minimum absolute atomic E-state index is 0.0875. The van der Waals surface area contributed by atoms with E-state index >= 15 is 0 Å². The van der Waals surface area contributed by atoms with Gasteiger partial charge in [0.25, 0.3) is 0 Å². The molecule has 0 aliphatic carbocycles. The summed E-state index contributed by atoms with van der Waals surface area (Å²) in [5.74, 6) is 3.35. The molecule has 74 valence electrons. The van der Waals surface area contributed by atoms with E-state index in [1.54, 1.807) is 18.2 Å². The van der Waals surface area contributed by atoms with Crippen molar-refractivity contribution in [1.29, 1.82) is 0 Å². The second-order valence-corrected chi connectivity index (χ2v) is 3.77. The third-order valence-electron chi connectivity index (χ3n) is 1.68. The van der Waals surface area contributed by atoms with Gasteiger partial charge in [-0.25, -0.2) is 0 Å². The maximum absolute atomic E-state index is 5.81. The summed E-state index contributed by atoms with van der Waals surface area (Å²) >= 11 is 11.6. The highest BCUT2D eigenvalue weighted by Gasteiger charge is 2.02. The number of terminal acetylenes is 1. The van der Waals surface area contributed by atoms with Gasteiger partial charge in [0.2, 0.25) is 0 Å². The average Bonchev–Trinajstić information content (AvgIpc) is 2.19. The molecule has 1 rings (SSSR count). The summed E-state index contributed by atoms with van der Waals surface area (Å²) in [7, 11) is 0. The fraction of sp³-hybridized carbons (Fsp3) is 0.273. The van der Waals surface area contributed by atoms with Crippen LogP contribution in [0.3, 0.4) is 0 Å². The van der Waals surface area contributed by atoms with Crippen LogP contribution in [-0.2, 0) is 0 Å². The monoisotopic (exact) mass is 228 g/mol. The fourth-order valence-corrected chi connectivity index (χ4v) is 1.12. The molecular weight excluding hydrogens is 219 g/mol. The van der Waals surface area contributed by atoms with Crippen molar-refractivity contribution in [2.45, 2.75) is 6.92 Å². The summed E-state index contributed by atoms with van der Waals surface area (Å²) in [6.45, 7) is 2.39. The second-order valence-electron chi connectivity index (χ2n) is 2.95. The Morgan fingerprint density at radius 1 is 1.43 bits per heavy atom. The fourth-order valence-electron chi connectivity index (χ4n) is 0.836. The number of ether oxygens (including phenoxy) is 1. The van der Waals surface area contributed by atoms with E-state index in [9.17, 15) is 0 Å². The van der Waals surface area contributed by atoms with Crippen molar-refractivity contribution < 1.29 is 4.74 Å². The highest BCUT2D eigenvalue weighted by molar-refractivity contribution is 6.42. The predicted molar refractivity (Wildman–Crippen MR) is 60.0 cm³/mol. The lowest BCUT2D eigenvalue weighted by Crippen LogP contribution is -2.05. The van der Waals surface area contributed by atoms with E-state index in [2.05, 4.69) is 5.92 Å². The molecule has 1 nitrogen and oxygen atoms in total. The Morgan fingerprint density at radius 3 is 2.71 bits per heavy atom. The molecule has 1 unspecified atom stereocenters. The van der Waals surface area contributed by atoms with Crippen LogP contribution < -0.4 is 4.74 Å². The summed E-state index contributed by atoms with van der Waals surface area (Å²) in [6.07, 6.45) is 5.21. The van der Waals surface area contributed by atoms with Crippen LogP contribution in [0.15, 0.2) is 18.2 Å². The Labute approximate surface area is 94.0 Å². The van der Waals surface area contributed by atoms with Gasteiger partial charge >= 0.3 is 0 Å². The van der Waals surface area contributed by atoms with Crippen LogP contribution in [0, 0.1) is 18.3 Å². The van der Waals surface area contributed by atoms with Crippen molar-refractivity contribution in [2.75, 3.05) is 6.61 Å². The molecule has 0 radical (unpaired) electrons. The molecule has 1 aromatic carbocycles. The highest BCUT2D eigenvalue weighted by Crippen LogP contribution is 2.26. The van der Waals surface area contributed by atoms with Gasteiger partial charge in [-0.3, -0.25) is 0 Å². The Hall–Kier alpha value is -0.840. The Bertz CT molecular complexity index is 355. The van der Waals surface area contributed by atoms with Gasteiger partial charge in [0.15, 0.2) is 0 Å². The van der Waals surface area contributed by atoms with Gasteiger partial charge in [0.1, 0.15) is 12.4 Å². The zero-order chi connectivity index (χ0) is 10.6. The Kier molecular flexibility index (Phi) is 4.13. The third-order valence-corrected chi connectivity index (χ3v) is 2.41. The molecule has 0 spiro atoms. The van der Waals surface area contributed by atoms with Crippen LogP contribution in [0.5, 0.6) is 5.75 Å². The van der Waals surface area contributed by atoms with E-state index in [0.29, 0.717) is 22.4 Å². The molecule has 0 saturated carbocycles. The van der Waals surface area contributed by atoms with Crippen molar-refractivity contribution in [3.63, 3.8) is 0 Å². The quantitative estimate of drug-likeness (QED) is 0.719. The van der Waals surface area contributed by atoms with E-state index in [4.69, 9.17) is 34.4 Å². The lowest BCUT2D eigenvalue weighted by Gasteiger charge is -2.08. The predicted octanol–water partition coefficient (Wildman–Crippen LogP) is 3.64. The highest BCUT2D eigenvalue weighted by atomic mass is 35.5. The number of hydrogen-bond donors (Lipinski definition) is 0. The molecule has 0 fully saturated rings. The van der Waals surface area contributed by atoms with E-state index < -0.39 is 0 Å². The molecular formula is C11H10Cl2O. The molecule has 0 amide bonds. The van der Waals surface area contributed by atoms with Crippen LogP contribution in [0.2, 0.25) is 10.0 Å². The second kappa shape index (κ2) is 5.14. The maximum Gasteiger partial charge on any atom is 0.120 e. The molecule has 3 heteroatoms. The Balaban J connectivity index is 2.61. The molecule has 0 heterocycles. The molecule has 0 aliphatic rings. The van der Waals surface area contributed by atoms with E-state index in [-0.39, 0.29) is 5.92 Å². The first-order valence-corrected chi connectivity index (χ1v) is 4.93. The molecule has 0 aliphatic heterocycles. The van der Waals surface area contributed by atoms with Gasteiger partial charge in [0, 0.05) is 6.07 Å². The maximum atomic E-state index is 5.81. The van der Waals surface area contributed by atoms with Crippen LogP contribution in [0.4, 0.5) is 0 Å². The molecule has 0 saturated heterocycles.